The summed E-state index contributed by atoms with van der Waals surface area (Å²) < 4.78 is 24.0. The van der Waals surface area contributed by atoms with E-state index >= 15 is 0 Å². The van der Waals surface area contributed by atoms with Crippen molar-refractivity contribution in [3.05, 3.63) is 18.1 Å². The Labute approximate surface area is 99.0 Å². The molecule has 0 fully saturated rings. The number of sulfone groups is 1. The standard InChI is InChI=1S/C9H10ClN3O2S/c1-7(2-3-10)16(14,15)9-8(6-11)12-4-5-13-9/h4-5,7H,2-3H2,1H3. The molecule has 1 aromatic heterocycles. The van der Waals surface area contributed by atoms with Gasteiger partial charge in [-0.1, -0.05) is 0 Å². The molecule has 0 radical (unpaired) electrons. The van der Waals surface area contributed by atoms with Crippen LogP contribution in [0.2, 0.25) is 0 Å². The number of nitriles is 1. The maximum Gasteiger partial charge on any atom is 0.201 e. The zero-order chi connectivity index (χ0) is 12.2. The van der Waals surface area contributed by atoms with Gasteiger partial charge in [-0.3, -0.25) is 0 Å². The zero-order valence-electron chi connectivity index (χ0n) is 8.59. The molecule has 1 heterocycles. The highest BCUT2D eigenvalue weighted by Gasteiger charge is 2.27. The van der Waals surface area contributed by atoms with Gasteiger partial charge in [0.25, 0.3) is 0 Å². The van der Waals surface area contributed by atoms with E-state index in [1.54, 1.807) is 6.07 Å². The Kier molecular flexibility index (Phi) is 4.21. The van der Waals surface area contributed by atoms with E-state index in [-0.39, 0.29) is 16.6 Å². The third kappa shape index (κ3) is 2.49. The van der Waals surface area contributed by atoms with Crippen molar-refractivity contribution in [2.45, 2.75) is 23.6 Å². The number of rotatable bonds is 4. The van der Waals surface area contributed by atoms with Crippen molar-refractivity contribution in [3.63, 3.8) is 0 Å². The van der Waals surface area contributed by atoms with Crippen molar-refractivity contribution in [3.8, 4) is 6.07 Å². The summed E-state index contributed by atoms with van der Waals surface area (Å²) in [5.41, 5.74) is -0.177. The van der Waals surface area contributed by atoms with Crippen LogP contribution in [0.3, 0.4) is 0 Å². The fourth-order valence-electron chi connectivity index (χ4n) is 1.11. The highest BCUT2D eigenvalue weighted by molar-refractivity contribution is 7.92. The van der Waals surface area contributed by atoms with Crippen molar-refractivity contribution >= 4 is 21.4 Å². The lowest BCUT2D eigenvalue weighted by molar-refractivity contribution is 0.576. The molecule has 0 aliphatic carbocycles. The summed E-state index contributed by atoms with van der Waals surface area (Å²) in [6.45, 7) is 1.54. The van der Waals surface area contributed by atoms with E-state index in [0.717, 1.165) is 0 Å². The fourth-order valence-corrected chi connectivity index (χ4v) is 2.95. The molecule has 0 N–H and O–H groups in total. The maximum absolute atomic E-state index is 12.0. The van der Waals surface area contributed by atoms with Gasteiger partial charge in [-0.25, -0.2) is 18.4 Å². The molecule has 0 aromatic carbocycles. The van der Waals surface area contributed by atoms with Crippen LogP contribution in [-0.2, 0) is 9.84 Å². The van der Waals surface area contributed by atoms with Crippen LogP contribution in [0.1, 0.15) is 19.0 Å². The summed E-state index contributed by atoms with van der Waals surface area (Å²) in [5.74, 6) is 0.239. The topological polar surface area (TPSA) is 83.7 Å². The molecule has 5 nitrogen and oxygen atoms in total. The van der Waals surface area contributed by atoms with Gasteiger partial charge in [-0.2, -0.15) is 5.26 Å². The van der Waals surface area contributed by atoms with Gasteiger partial charge >= 0.3 is 0 Å². The fraction of sp³-hybridized carbons (Fsp3) is 0.444. The van der Waals surface area contributed by atoms with Gasteiger partial charge < -0.3 is 0 Å². The number of aromatic nitrogens is 2. The van der Waals surface area contributed by atoms with Gasteiger partial charge in [0.2, 0.25) is 9.84 Å². The maximum atomic E-state index is 12.0. The minimum absolute atomic E-state index is 0.177. The van der Waals surface area contributed by atoms with E-state index in [9.17, 15) is 8.42 Å². The zero-order valence-corrected chi connectivity index (χ0v) is 10.2. The van der Waals surface area contributed by atoms with Crippen molar-refractivity contribution in [1.82, 2.24) is 9.97 Å². The van der Waals surface area contributed by atoms with Crippen LogP contribution in [-0.4, -0.2) is 29.5 Å². The third-order valence-corrected chi connectivity index (χ3v) is 4.44. The predicted octanol–water partition coefficient (Wildman–Crippen LogP) is 1.14. The van der Waals surface area contributed by atoms with Crippen LogP contribution in [0.25, 0.3) is 0 Å². The summed E-state index contributed by atoms with van der Waals surface area (Å²) in [6.07, 6.45) is 2.84. The molecule has 1 atom stereocenters. The molecule has 0 spiro atoms. The average molecular weight is 260 g/mol. The molecular weight excluding hydrogens is 250 g/mol. The lowest BCUT2D eigenvalue weighted by Crippen LogP contribution is -2.21. The number of hydrogen-bond donors (Lipinski definition) is 0. The van der Waals surface area contributed by atoms with E-state index < -0.39 is 15.1 Å². The van der Waals surface area contributed by atoms with Crippen molar-refractivity contribution in [2.24, 2.45) is 0 Å². The Hall–Kier alpha value is -1.19. The second-order valence-electron chi connectivity index (χ2n) is 3.16. The minimum Gasteiger partial charge on any atom is -0.241 e. The van der Waals surface area contributed by atoms with E-state index in [2.05, 4.69) is 9.97 Å². The Morgan fingerprint density at radius 1 is 1.50 bits per heavy atom. The van der Waals surface area contributed by atoms with E-state index in [0.29, 0.717) is 6.42 Å². The van der Waals surface area contributed by atoms with Crippen molar-refractivity contribution in [1.29, 1.82) is 5.26 Å². The first kappa shape index (κ1) is 12.9. The van der Waals surface area contributed by atoms with Gasteiger partial charge in [0.05, 0.1) is 5.25 Å². The second kappa shape index (κ2) is 5.23. The minimum atomic E-state index is -3.62. The van der Waals surface area contributed by atoms with Crippen LogP contribution in [0.15, 0.2) is 17.4 Å². The molecule has 0 saturated heterocycles. The normalized spacial score (nSPS) is 13.1. The molecule has 0 aliphatic rings. The molecule has 16 heavy (non-hydrogen) atoms. The van der Waals surface area contributed by atoms with E-state index in [4.69, 9.17) is 16.9 Å². The van der Waals surface area contributed by atoms with Crippen LogP contribution < -0.4 is 0 Å². The Bertz CT molecular complexity index is 510. The molecule has 1 unspecified atom stereocenters. The molecule has 86 valence electrons. The summed E-state index contributed by atoms with van der Waals surface area (Å²) in [6, 6.07) is 1.71. The monoisotopic (exact) mass is 259 g/mol. The largest absolute Gasteiger partial charge is 0.241 e. The Morgan fingerprint density at radius 2 is 2.12 bits per heavy atom. The molecule has 0 amide bonds. The molecule has 1 rings (SSSR count). The highest BCUT2D eigenvalue weighted by atomic mass is 35.5. The molecule has 0 bridgehead atoms. The van der Waals surface area contributed by atoms with Crippen molar-refractivity contribution < 1.29 is 8.42 Å². The SMILES string of the molecule is CC(CCCl)S(=O)(=O)c1nccnc1C#N. The first-order valence-corrected chi connectivity index (χ1v) is 6.63. The lowest BCUT2D eigenvalue weighted by atomic mass is 10.4. The molecule has 0 aliphatic heterocycles. The summed E-state index contributed by atoms with van der Waals surface area (Å²) in [4.78, 5) is 7.38. The van der Waals surface area contributed by atoms with Crippen molar-refractivity contribution in [2.75, 3.05) is 5.88 Å². The van der Waals surface area contributed by atoms with Crippen LogP contribution in [0.5, 0.6) is 0 Å². The second-order valence-corrected chi connectivity index (χ2v) is 5.81. The summed E-state index contributed by atoms with van der Waals surface area (Å²) in [5, 5.41) is 7.81. The summed E-state index contributed by atoms with van der Waals surface area (Å²) in [7, 11) is -3.62. The van der Waals surface area contributed by atoms with Crippen LogP contribution in [0, 0.1) is 11.3 Å². The number of alkyl halides is 1. The molecular formula is C9H10ClN3O2S. The lowest BCUT2D eigenvalue weighted by Gasteiger charge is -2.10. The molecule has 0 saturated carbocycles. The van der Waals surface area contributed by atoms with Crippen LogP contribution >= 0.6 is 11.6 Å². The van der Waals surface area contributed by atoms with Gasteiger partial charge in [0, 0.05) is 18.3 Å². The number of nitrogens with zero attached hydrogens (tertiary/aromatic N) is 3. The van der Waals surface area contributed by atoms with Gasteiger partial charge in [0.1, 0.15) is 6.07 Å². The first-order chi connectivity index (χ1) is 7.54. The predicted molar refractivity (Wildman–Crippen MR) is 58.7 cm³/mol. The first-order valence-electron chi connectivity index (χ1n) is 4.55. The quantitative estimate of drug-likeness (QED) is 0.757. The number of halogens is 1. The summed E-state index contributed by atoms with van der Waals surface area (Å²) >= 11 is 5.50. The van der Waals surface area contributed by atoms with Gasteiger partial charge in [-0.05, 0) is 13.3 Å². The average Bonchev–Trinajstić information content (AvgIpc) is 2.29. The third-order valence-electron chi connectivity index (χ3n) is 2.09. The van der Waals surface area contributed by atoms with Crippen LogP contribution in [0.4, 0.5) is 0 Å². The smallest absolute Gasteiger partial charge is 0.201 e. The highest BCUT2D eigenvalue weighted by Crippen LogP contribution is 2.18. The van der Waals surface area contributed by atoms with E-state index in [1.165, 1.54) is 19.3 Å². The Morgan fingerprint density at radius 3 is 2.69 bits per heavy atom. The molecule has 7 heteroatoms. The van der Waals surface area contributed by atoms with Gasteiger partial charge in [-0.15, -0.1) is 11.6 Å². The molecule has 1 aromatic rings. The van der Waals surface area contributed by atoms with E-state index in [1.807, 2.05) is 0 Å². The Balaban J connectivity index is 3.23. The van der Waals surface area contributed by atoms with Gasteiger partial charge in [0.15, 0.2) is 10.7 Å². The number of hydrogen-bond acceptors (Lipinski definition) is 5.